The van der Waals surface area contributed by atoms with Gasteiger partial charge in [0, 0.05) is 28.0 Å². The maximum absolute atomic E-state index is 10.3. The average molecular weight is 495 g/mol. The molecule has 0 amide bonds. The van der Waals surface area contributed by atoms with E-state index in [1.807, 2.05) is 0 Å². The lowest BCUT2D eigenvalue weighted by Gasteiger charge is -1.94. The minimum absolute atomic E-state index is 0.0200. The second kappa shape index (κ2) is 33.4. The fourth-order valence-corrected chi connectivity index (χ4v) is 0.506. The van der Waals surface area contributed by atoms with Gasteiger partial charge in [-0.05, 0) is 20.8 Å². The van der Waals surface area contributed by atoms with Crippen LogP contribution >= 0.6 is 33.0 Å². The highest BCUT2D eigenvalue weighted by atomic mass is 36.0. The van der Waals surface area contributed by atoms with Gasteiger partial charge in [0.2, 0.25) is 9.23 Å². The van der Waals surface area contributed by atoms with E-state index in [1.54, 1.807) is 20.8 Å². The zero-order valence-corrected chi connectivity index (χ0v) is 18.6. The third-order valence-corrected chi connectivity index (χ3v) is 1.41. The van der Waals surface area contributed by atoms with Crippen molar-refractivity contribution in [2.75, 3.05) is 32.9 Å². The summed E-state index contributed by atoms with van der Waals surface area (Å²) in [4.78, 5) is 29.6. The minimum Gasteiger partial charge on any atom is -0.480 e. The number of oxime groups is 1. The summed E-state index contributed by atoms with van der Waals surface area (Å²) >= 11 is 5.02. The summed E-state index contributed by atoms with van der Waals surface area (Å²) in [7, 11) is 7.36. The Morgan fingerprint density at radius 2 is 1.36 bits per heavy atom. The van der Waals surface area contributed by atoms with Crippen LogP contribution < -0.4 is 11.5 Å². The molecule has 12 nitrogen and oxygen atoms in total. The Labute approximate surface area is 179 Å². The monoisotopic (exact) mass is 493 g/mol. The maximum atomic E-state index is 10.3. The van der Waals surface area contributed by atoms with E-state index in [-0.39, 0.29) is 32.3 Å². The van der Waals surface area contributed by atoms with Crippen molar-refractivity contribution in [2.24, 2.45) is 16.6 Å². The summed E-state index contributed by atoms with van der Waals surface area (Å²) in [6, 6.07) is 0. The number of carboxylic acid groups (broad SMARTS) is 1. The number of carboxylic acids is 1. The molecule has 0 unspecified atom stereocenters. The van der Waals surface area contributed by atoms with Crippen molar-refractivity contribution in [3.8, 4) is 0 Å². The predicted octanol–water partition coefficient (Wildman–Crippen LogP) is 0.155. The Morgan fingerprint density at radius 1 is 1.04 bits per heavy atom. The first-order valence-electron chi connectivity index (χ1n) is 7.12. The number of nitrogens with zero attached hydrogens (tertiary/aromatic N) is 1. The van der Waals surface area contributed by atoms with Crippen LogP contribution in [0.4, 0.5) is 0 Å². The molecule has 0 bridgehead atoms. The highest BCUT2D eigenvalue weighted by Crippen LogP contribution is 1.89. The van der Waals surface area contributed by atoms with Crippen molar-refractivity contribution in [3.63, 3.8) is 0 Å². The lowest BCUT2D eigenvalue weighted by atomic mass is 10.7. The molecule has 0 aliphatic rings. The van der Waals surface area contributed by atoms with Crippen LogP contribution in [0.25, 0.3) is 0 Å². The molecule has 16 heteroatoms. The van der Waals surface area contributed by atoms with E-state index in [0.717, 1.165) is 0 Å². The van der Waals surface area contributed by atoms with E-state index in [0.29, 0.717) is 6.61 Å². The van der Waals surface area contributed by atoms with Gasteiger partial charge in [-0.3, -0.25) is 9.59 Å². The molecule has 28 heavy (non-hydrogen) atoms. The summed E-state index contributed by atoms with van der Waals surface area (Å²) in [5.74, 6) is -2.13. The summed E-state index contributed by atoms with van der Waals surface area (Å²) in [6.07, 6.45) is 0. The van der Waals surface area contributed by atoms with Crippen LogP contribution in [-0.4, -0.2) is 75.6 Å². The van der Waals surface area contributed by atoms with Gasteiger partial charge in [0.15, 0.2) is 0 Å². The average Bonchev–Trinajstić information content (AvgIpc) is 2.62. The Bertz CT molecular complexity index is 440. The van der Waals surface area contributed by atoms with Crippen molar-refractivity contribution < 1.29 is 43.5 Å². The molecule has 0 radical (unpaired) electrons. The third kappa shape index (κ3) is 64.1. The van der Waals surface area contributed by atoms with E-state index in [2.05, 4.69) is 41.7 Å². The van der Waals surface area contributed by atoms with Gasteiger partial charge in [-0.2, -0.15) is 0 Å². The van der Waals surface area contributed by atoms with Crippen LogP contribution in [0, 0.1) is 0 Å². The molecule has 0 aromatic heterocycles. The zero-order chi connectivity index (χ0) is 23.5. The number of hydrogen-bond acceptors (Lipinski definition) is 11. The van der Waals surface area contributed by atoms with Crippen molar-refractivity contribution >= 4 is 65.3 Å². The first kappa shape index (κ1) is 37.5. The number of rotatable bonds is 5. The van der Waals surface area contributed by atoms with E-state index in [9.17, 15) is 14.4 Å². The highest BCUT2D eigenvalue weighted by Gasteiger charge is 2.07. The molecule has 0 spiro atoms. The maximum Gasteiger partial charge on any atom is 0.372 e. The highest BCUT2D eigenvalue weighted by molar-refractivity contribution is 8.26. The molecule has 0 aliphatic heterocycles. The molecule has 0 atom stereocenters. The van der Waals surface area contributed by atoms with Crippen LogP contribution in [0.3, 0.4) is 0 Å². The molecule has 0 aliphatic carbocycles. The van der Waals surface area contributed by atoms with Gasteiger partial charge in [0.1, 0.15) is 0 Å². The molecule has 0 aromatic rings. The van der Waals surface area contributed by atoms with E-state index in [4.69, 9.17) is 37.0 Å². The molecule has 0 rings (SSSR count). The van der Waals surface area contributed by atoms with Crippen molar-refractivity contribution in [3.05, 3.63) is 0 Å². The number of halogens is 3. The van der Waals surface area contributed by atoms with Gasteiger partial charge in [0.05, 0.1) is 26.3 Å². The first-order chi connectivity index (χ1) is 12.9. The van der Waals surface area contributed by atoms with E-state index in [1.165, 1.54) is 0 Å². The van der Waals surface area contributed by atoms with Gasteiger partial charge in [-0.1, -0.05) is 16.8 Å². The Balaban J connectivity index is -0.0000000832. The largest absolute Gasteiger partial charge is 0.480 e. The molecule has 170 valence electrons. The second-order valence-electron chi connectivity index (χ2n) is 3.22. The number of ether oxygens (including phenoxy) is 2. The van der Waals surface area contributed by atoms with Crippen LogP contribution in [-0.2, 0) is 33.1 Å². The van der Waals surface area contributed by atoms with Gasteiger partial charge < -0.3 is 36.4 Å². The second-order valence-corrected chi connectivity index (χ2v) is 6.10. The van der Waals surface area contributed by atoms with Crippen molar-refractivity contribution in [1.29, 1.82) is 0 Å². The summed E-state index contributed by atoms with van der Waals surface area (Å²) in [5.41, 5.74) is 9.46. The number of carbonyl (C=O) groups excluding carboxylic acids is 2. The predicted molar refractivity (Wildman–Crippen MR) is 107 cm³/mol. The molecule has 7 N–H and O–H groups in total. The van der Waals surface area contributed by atoms with E-state index >= 15 is 0 Å². The number of nitrogens with two attached hydrogens (primary N) is 2. The van der Waals surface area contributed by atoms with Gasteiger partial charge in [0.25, 0.3) is 5.17 Å². The van der Waals surface area contributed by atoms with Crippen molar-refractivity contribution in [2.45, 2.75) is 20.8 Å². The van der Waals surface area contributed by atoms with Crippen LogP contribution in [0.2, 0.25) is 0 Å². The zero-order valence-electron chi connectivity index (χ0n) is 15.5. The Hall–Kier alpha value is -1.22. The number of aliphatic hydroxyl groups excluding tert-OH is 1. The fourth-order valence-electron chi connectivity index (χ4n) is 0.451. The van der Waals surface area contributed by atoms with Crippen LogP contribution in [0.15, 0.2) is 5.16 Å². The molecule has 0 saturated heterocycles. The number of carbonyl (C=O) groups is 3. The summed E-state index contributed by atoms with van der Waals surface area (Å²) in [5, 5.41) is 24.9. The quantitative estimate of drug-likeness (QED) is 0.114. The lowest BCUT2D eigenvalue weighted by molar-refractivity contribution is -0.141. The first-order valence-corrected chi connectivity index (χ1v) is 10.3. The minimum atomic E-state index is -1.67. The molecule has 0 saturated carbocycles. The molecule has 0 fully saturated rings. The molecule has 0 aromatic carbocycles. The standard InChI is InChI=1S/C4H6ClNO3.C4H9NO2.C2H5NO2.C2H6O.Cl2OS/c1-2-9-4(7)3(5)6-8;1-2-7-4(6)3-5;3-1-2(4)5;1-2-3;1-4(2)3/h8H,2H2,1H3;2-3,5H2,1H3;1,3H2,(H,4,5);3H,2H2,1H3;/b6-3-;;;;. The van der Waals surface area contributed by atoms with Crippen LogP contribution in [0.1, 0.15) is 20.8 Å². The number of esters is 2. The Kier molecular flexibility index (Phi) is 44.7. The summed E-state index contributed by atoms with van der Waals surface area (Å²) < 4.78 is 17.8. The van der Waals surface area contributed by atoms with E-state index < -0.39 is 26.3 Å². The van der Waals surface area contributed by atoms with Gasteiger partial charge >= 0.3 is 17.9 Å². The molecular weight excluding hydrogens is 469 g/mol. The topological polar surface area (TPSA) is 212 Å². The summed E-state index contributed by atoms with van der Waals surface area (Å²) in [6.45, 7) is 5.63. The smallest absolute Gasteiger partial charge is 0.372 e. The number of aliphatic hydroxyl groups is 1. The molecular formula is C12H26Cl3N3O9S. The van der Waals surface area contributed by atoms with Gasteiger partial charge in [-0.25, -0.2) is 9.00 Å². The van der Waals surface area contributed by atoms with Gasteiger partial charge in [-0.15, -0.1) is 0 Å². The Morgan fingerprint density at radius 3 is 1.50 bits per heavy atom. The normalized spacial score (nSPS) is 8.86. The third-order valence-electron chi connectivity index (χ3n) is 1.18. The molecule has 0 heterocycles. The fraction of sp³-hybridized carbons (Fsp3) is 0.667. The SMILES string of the molecule is CCO.CCOC(=O)/C(Cl)=N/O.CCOC(=O)CN.NCC(=O)O.O=S(Cl)Cl. The van der Waals surface area contributed by atoms with Crippen LogP contribution in [0.5, 0.6) is 0 Å². The number of hydrogen-bond donors (Lipinski definition) is 5. The lowest BCUT2D eigenvalue weighted by Crippen LogP contribution is -2.16. The van der Waals surface area contributed by atoms with Crippen molar-refractivity contribution in [1.82, 2.24) is 0 Å². The number of aliphatic carboxylic acids is 1.